The van der Waals surface area contributed by atoms with Crippen LogP contribution in [0.3, 0.4) is 0 Å². The number of fused-ring (bicyclic) bond motifs is 1. The van der Waals surface area contributed by atoms with Crippen LogP contribution in [0.1, 0.15) is 6.42 Å². The van der Waals surface area contributed by atoms with E-state index < -0.39 is 31.2 Å². The average Bonchev–Trinajstić information content (AvgIpc) is 3.34. The molecule has 0 bridgehead atoms. The molecule has 0 amide bonds. The van der Waals surface area contributed by atoms with Crippen molar-refractivity contribution in [1.29, 1.82) is 0 Å². The molecule has 0 aliphatic carbocycles. The molecule has 0 radical (unpaired) electrons. The summed E-state index contributed by atoms with van der Waals surface area (Å²) in [4.78, 5) is 15.3. The Balaban J connectivity index is 0.000000160. The highest BCUT2D eigenvalue weighted by molar-refractivity contribution is 5.82. The van der Waals surface area contributed by atoms with Crippen molar-refractivity contribution in [3.8, 4) is 0 Å². The van der Waals surface area contributed by atoms with E-state index in [1.54, 1.807) is 6.33 Å². The van der Waals surface area contributed by atoms with E-state index in [2.05, 4.69) is 30.0 Å². The molecule has 2 aromatic rings. The molecule has 5 atom stereocenters. The Hall–Kier alpha value is -1.89. The van der Waals surface area contributed by atoms with Gasteiger partial charge in [0.25, 0.3) is 0 Å². The van der Waals surface area contributed by atoms with Gasteiger partial charge in [-0.25, -0.2) is 15.0 Å². The minimum atomic E-state index is -1.38. The second kappa shape index (κ2) is 7.99. The predicted molar refractivity (Wildman–Crippen MR) is 84.5 cm³/mol. The van der Waals surface area contributed by atoms with Crippen molar-refractivity contribution < 1.29 is 29.9 Å². The monoisotopic (exact) mass is 355 g/mol. The van der Waals surface area contributed by atoms with Crippen molar-refractivity contribution in [2.45, 2.75) is 37.1 Å². The lowest BCUT2D eigenvalue weighted by molar-refractivity contribution is -0.132. The summed E-state index contributed by atoms with van der Waals surface area (Å²) >= 11 is 0. The van der Waals surface area contributed by atoms with Crippen LogP contribution < -0.4 is 5.32 Å². The van der Waals surface area contributed by atoms with Gasteiger partial charge in [-0.1, -0.05) is 0 Å². The maximum Gasteiger partial charge on any atom is 0.184 e. The van der Waals surface area contributed by atoms with Crippen LogP contribution in [0, 0.1) is 0 Å². The molecule has 2 aliphatic rings. The van der Waals surface area contributed by atoms with Gasteiger partial charge < -0.3 is 40.2 Å². The van der Waals surface area contributed by atoms with E-state index in [1.165, 1.54) is 6.33 Å². The number of aromatic nitrogens is 4. The first kappa shape index (κ1) is 17.9. The maximum absolute atomic E-state index is 8.93. The fraction of sp³-hybridized carbons (Fsp3) is 0.643. The quantitative estimate of drug-likeness (QED) is 0.361. The summed E-state index contributed by atoms with van der Waals surface area (Å²) in [5, 5.41) is 38.3. The van der Waals surface area contributed by atoms with Gasteiger partial charge in [0.15, 0.2) is 17.8 Å². The Bertz CT molecular complexity index is 679. The Morgan fingerprint density at radius 1 is 1.20 bits per heavy atom. The van der Waals surface area contributed by atoms with Gasteiger partial charge in [-0.3, -0.25) is 0 Å². The van der Waals surface area contributed by atoms with Crippen LogP contribution in [0.15, 0.2) is 12.7 Å². The number of imidazole rings is 1. The van der Waals surface area contributed by atoms with E-state index in [0.29, 0.717) is 11.7 Å². The molecule has 11 heteroatoms. The number of aliphatic hydroxyl groups is 4. The minimum absolute atomic E-state index is 0.339. The molecule has 0 spiro atoms. The smallest absolute Gasteiger partial charge is 0.184 e. The number of anilines is 1. The normalized spacial score (nSPS) is 31.8. The first-order valence-electron chi connectivity index (χ1n) is 7.89. The molecule has 2 aromatic heterocycles. The molecule has 6 N–H and O–H groups in total. The van der Waals surface area contributed by atoms with Crippen LogP contribution >= 0.6 is 0 Å². The molecule has 2 saturated heterocycles. The van der Waals surface area contributed by atoms with E-state index in [1.807, 2.05) is 0 Å². The predicted octanol–water partition coefficient (Wildman–Crippen LogP) is -2.03. The first-order valence-corrected chi connectivity index (χ1v) is 7.89. The Morgan fingerprint density at radius 3 is 2.64 bits per heavy atom. The fourth-order valence-corrected chi connectivity index (χ4v) is 2.60. The molecular formula is C14H21N5O6. The van der Waals surface area contributed by atoms with Gasteiger partial charge in [0.05, 0.1) is 25.6 Å². The molecule has 2 fully saturated rings. The van der Waals surface area contributed by atoms with Crippen LogP contribution in [-0.2, 0) is 9.47 Å². The summed E-state index contributed by atoms with van der Waals surface area (Å²) in [7, 11) is 0. The minimum Gasteiger partial charge on any atom is -0.394 e. The lowest BCUT2D eigenvalue weighted by Crippen LogP contribution is -2.33. The lowest BCUT2D eigenvalue weighted by Gasteiger charge is -2.10. The molecule has 138 valence electrons. The van der Waals surface area contributed by atoms with Crippen molar-refractivity contribution in [2.24, 2.45) is 0 Å². The average molecular weight is 355 g/mol. The van der Waals surface area contributed by atoms with Gasteiger partial charge in [-0.15, -0.1) is 0 Å². The van der Waals surface area contributed by atoms with E-state index in [0.717, 1.165) is 31.0 Å². The van der Waals surface area contributed by atoms with Crippen LogP contribution in [0.25, 0.3) is 11.2 Å². The van der Waals surface area contributed by atoms with Gasteiger partial charge >= 0.3 is 0 Å². The second-order valence-electron chi connectivity index (χ2n) is 5.76. The molecule has 0 saturated carbocycles. The van der Waals surface area contributed by atoms with Crippen molar-refractivity contribution in [2.75, 3.05) is 25.1 Å². The third kappa shape index (κ3) is 4.03. The zero-order valence-electron chi connectivity index (χ0n) is 13.3. The number of H-pyrrole nitrogens is 1. The number of hydrogen-bond donors (Lipinski definition) is 6. The van der Waals surface area contributed by atoms with Crippen LogP contribution in [0.5, 0.6) is 0 Å². The summed E-state index contributed by atoms with van der Waals surface area (Å²) in [6, 6.07) is 0.339. The third-order valence-electron chi connectivity index (χ3n) is 4.01. The SMILES string of the molecule is OC[C@H]1OC(O)[C@H](O)[C@@H]1O.c1nc(N[C@H]2CCOC2)c2[nH]cnc2n1. The molecule has 11 nitrogen and oxygen atoms in total. The molecule has 4 rings (SSSR count). The fourth-order valence-electron chi connectivity index (χ4n) is 2.60. The number of ether oxygens (including phenoxy) is 2. The number of aromatic amines is 1. The molecule has 1 unspecified atom stereocenters. The largest absolute Gasteiger partial charge is 0.394 e. The number of rotatable bonds is 3. The summed E-state index contributed by atoms with van der Waals surface area (Å²) in [6.07, 6.45) is -0.606. The third-order valence-corrected chi connectivity index (χ3v) is 4.01. The number of nitrogens with zero attached hydrogens (tertiary/aromatic N) is 3. The molecule has 2 aliphatic heterocycles. The number of hydrogen-bond acceptors (Lipinski definition) is 10. The maximum atomic E-state index is 8.93. The Kier molecular flexibility index (Phi) is 5.73. The van der Waals surface area contributed by atoms with Gasteiger partial charge in [0.2, 0.25) is 0 Å². The van der Waals surface area contributed by atoms with Gasteiger partial charge in [0, 0.05) is 6.61 Å². The van der Waals surface area contributed by atoms with Gasteiger partial charge in [0.1, 0.15) is 30.2 Å². The van der Waals surface area contributed by atoms with Crippen molar-refractivity contribution >= 4 is 17.0 Å². The standard InChI is InChI=1S/C9H11N5O.C5H10O5/c1-2-15-3-6(1)14-9-7-8(11-4-10-7)12-5-13-9;6-1-2-3(7)4(8)5(9)10-2/h4-6H,1-3H2,(H2,10,11,12,13,14);2-9H,1H2/t6-;2-,3-,4-,5?/m01/s1. The molecular weight excluding hydrogens is 334 g/mol. The summed E-state index contributed by atoms with van der Waals surface area (Å²) in [6.45, 7) is 1.14. The van der Waals surface area contributed by atoms with Crippen LogP contribution in [0.4, 0.5) is 5.82 Å². The zero-order chi connectivity index (χ0) is 17.8. The number of nitrogens with one attached hydrogen (secondary N) is 2. The van der Waals surface area contributed by atoms with Crippen molar-refractivity contribution in [3.05, 3.63) is 12.7 Å². The Morgan fingerprint density at radius 2 is 2.04 bits per heavy atom. The lowest BCUT2D eigenvalue weighted by atomic mass is 10.1. The van der Waals surface area contributed by atoms with Crippen LogP contribution in [-0.4, -0.2) is 90.8 Å². The van der Waals surface area contributed by atoms with Gasteiger partial charge in [-0.05, 0) is 6.42 Å². The van der Waals surface area contributed by atoms with Crippen molar-refractivity contribution in [1.82, 2.24) is 19.9 Å². The zero-order valence-corrected chi connectivity index (χ0v) is 13.3. The van der Waals surface area contributed by atoms with E-state index in [-0.39, 0.29) is 0 Å². The highest BCUT2D eigenvalue weighted by Crippen LogP contribution is 2.19. The molecule has 0 aromatic carbocycles. The topological polar surface area (TPSA) is 166 Å². The summed E-state index contributed by atoms with van der Waals surface area (Å²) < 4.78 is 9.83. The highest BCUT2D eigenvalue weighted by atomic mass is 16.6. The van der Waals surface area contributed by atoms with E-state index in [9.17, 15) is 0 Å². The Labute approximate surface area is 142 Å². The van der Waals surface area contributed by atoms with E-state index in [4.69, 9.17) is 25.2 Å². The van der Waals surface area contributed by atoms with E-state index >= 15 is 0 Å². The number of aliphatic hydroxyl groups excluding tert-OH is 4. The van der Waals surface area contributed by atoms with Gasteiger partial charge in [-0.2, -0.15) is 0 Å². The first-order chi connectivity index (χ1) is 12.1. The summed E-state index contributed by atoms with van der Waals surface area (Å²) in [5.41, 5.74) is 1.54. The molecule has 25 heavy (non-hydrogen) atoms. The highest BCUT2D eigenvalue weighted by Gasteiger charge is 2.41. The summed E-state index contributed by atoms with van der Waals surface area (Å²) in [5.74, 6) is 0.799. The molecule has 4 heterocycles. The van der Waals surface area contributed by atoms with Crippen LogP contribution in [0.2, 0.25) is 0 Å². The van der Waals surface area contributed by atoms with Crippen molar-refractivity contribution in [3.63, 3.8) is 0 Å². The second-order valence-corrected chi connectivity index (χ2v) is 5.76.